The fourth-order valence-electron chi connectivity index (χ4n) is 4.02. The Morgan fingerprint density at radius 2 is 1.86 bits per heavy atom. The first-order valence-corrected chi connectivity index (χ1v) is 13.0. The van der Waals surface area contributed by atoms with Gasteiger partial charge in [-0.1, -0.05) is 79.9 Å². The van der Waals surface area contributed by atoms with Crippen molar-refractivity contribution < 1.29 is 24.1 Å². The minimum atomic E-state index is -0.566. The summed E-state index contributed by atoms with van der Waals surface area (Å²) in [5, 5.41) is 21.1. The highest BCUT2D eigenvalue weighted by molar-refractivity contribution is 7.99. The van der Waals surface area contributed by atoms with Crippen LogP contribution in [-0.2, 0) is 34.4 Å². The molecule has 4 rings (SSSR count). The van der Waals surface area contributed by atoms with Gasteiger partial charge in [-0.05, 0) is 16.7 Å². The maximum atomic E-state index is 11.7. The first kappa shape index (κ1) is 26.9. The summed E-state index contributed by atoms with van der Waals surface area (Å²) in [5.74, 6) is 0.759. The Hall–Kier alpha value is -3.18. The lowest BCUT2D eigenvalue weighted by Crippen LogP contribution is -2.38. The van der Waals surface area contributed by atoms with Gasteiger partial charge in [0.2, 0.25) is 0 Å². The molecule has 0 radical (unpaired) electrons. The Labute approximate surface area is 220 Å². The molecular formula is C27H32N4O5S. The predicted molar refractivity (Wildman–Crippen MR) is 140 cm³/mol. The number of benzene rings is 2. The number of carbonyl (C=O) groups excluding carboxylic acids is 1. The van der Waals surface area contributed by atoms with Crippen LogP contribution in [0.2, 0.25) is 0 Å². The Morgan fingerprint density at radius 3 is 2.51 bits per heavy atom. The SMILES string of the molecule is C=CCOC(=O)NCc1ccc(C2OC(CSc3nncn3C)C(C)C(c3ccc(CO)cc3)O2)cc1. The van der Waals surface area contributed by atoms with E-state index in [9.17, 15) is 9.90 Å². The maximum absolute atomic E-state index is 11.7. The van der Waals surface area contributed by atoms with Crippen molar-refractivity contribution in [2.24, 2.45) is 13.0 Å². The standard InChI is InChI=1S/C27H32N4O5S/c1-4-13-34-27(33)28-14-19-5-11-22(12-6-19)25-35-23(16-37-26-30-29-17-31(26)3)18(2)24(36-25)21-9-7-20(15-32)8-10-21/h4-12,17-18,23-25,32H,1,13-16H2,2-3H3,(H,28,33). The third kappa shape index (κ3) is 6.98. The van der Waals surface area contributed by atoms with Crippen LogP contribution in [0.4, 0.5) is 4.79 Å². The molecule has 10 heteroatoms. The van der Waals surface area contributed by atoms with Gasteiger partial charge in [0, 0.05) is 30.8 Å². The van der Waals surface area contributed by atoms with Crippen LogP contribution in [0.1, 0.15) is 41.6 Å². The second-order valence-electron chi connectivity index (χ2n) is 8.84. The molecule has 2 N–H and O–H groups in total. The van der Waals surface area contributed by atoms with E-state index >= 15 is 0 Å². The molecule has 1 aliphatic heterocycles. The lowest BCUT2D eigenvalue weighted by Gasteiger charge is -2.41. The smallest absolute Gasteiger partial charge is 0.407 e. The van der Waals surface area contributed by atoms with E-state index in [1.165, 1.54) is 6.08 Å². The quantitative estimate of drug-likeness (QED) is 0.299. The van der Waals surface area contributed by atoms with Gasteiger partial charge in [0.05, 0.1) is 18.8 Å². The monoisotopic (exact) mass is 524 g/mol. The van der Waals surface area contributed by atoms with Crippen LogP contribution in [0.25, 0.3) is 0 Å². The number of aliphatic hydroxyl groups excluding tert-OH is 1. The molecule has 1 amide bonds. The molecule has 4 unspecified atom stereocenters. The summed E-state index contributed by atoms with van der Waals surface area (Å²) in [5.41, 5.74) is 3.70. The number of ether oxygens (including phenoxy) is 3. The molecule has 1 saturated heterocycles. The van der Waals surface area contributed by atoms with Gasteiger partial charge >= 0.3 is 6.09 Å². The molecule has 4 atom stereocenters. The molecule has 0 aliphatic carbocycles. The summed E-state index contributed by atoms with van der Waals surface area (Å²) in [7, 11) is 1.92. The van der Waals surface area contributed by atoms with Crippen LogP contribution < -0.4 is 5.32 Å². The lowest BCUT2D eigenvalue weighted by molar-refractivity contribution is -0.268. The van der Waals surface area contributed by atoms with Gasteiger partial charge in [-0.15, -0.1) is 10.2 Å². The van der Waals surface area contributed by atoms with Gasteiger partial charge in [-0.2, -0.15) is 0 Å². The fourth-order valence-corrected chi connectivity index (χ4v) is 5.07. The predicted octanol–water partition coefficient (Wildman–Crippen LogP) is 4.30. The lowest BCUT2D eigenvalue weighted by atomic mass is 9.91. The van der Waals surface area contributed by atoms with E-state index < -0.39 is 12.4 Å². The number of hydrogen-bond donors (Lipinski definition) is 2. The Bertz CT molecular complexity index is 1170. The molecule has 3 aromatic rings. The number of rotatable bonds is 10. The van der Waals surface area contributed by atoms with Gasteiger partial charge in [0.25, 0.3) is 0 Å². The zero-order valence-electron chi connectivity index (χ0n) is 20.9. The summed E-state index contributed by atoms with van der Waals surface area (Å²) >= 11 is 1.60. The van der Waals surface area contributed by atoms with Crippen molar-refractivity contribution in [1.29, 1.82) is 0 Å². The van der Waals surface area contributed by atoms with Crippen molar-refractivity contribution in [3.8, 4) is 0 Å². The topological polar surface area (TPSA) is 108 Å². The zero-order valence-corrected chi connectivity index (χ0v) is 21.8. The number of thioether (sulfide) groups is 1. The van der Waals surface area contributed by atoms with Crippen molar-refractivity contribution in [2.45, 2.75) is 43.7 Å². The van der Waals surface area contributed by atoms with Crippen LogP contribution >= 0.6 is 11.8 Å². The molecule has 2 heterocycles. The van der Waals surface area contributed by atoms with Gasteiger partial charge < -0.3 is 29.2 Å². The molecule has 1 fully saturated rings. The van der Waals surface area contributed by atoms with Crippen LogP contribution in [0, 0.1) is 5.92 Å². The van der Waals surface area contributed by atoms with E-state index in [0.717, 1.165) is 27.4 Å². The van der Waals surface area contributed by atoms with E-state index in [0.29, 0.717) is 12.3 Å². The summed E-state index contributed by atoms with van der Waals surface area (Å²) < 4.78 is 19.8. The molecule has 1 aromatic heterocycles. The molecule has 1 aliphatic rings. The summed E-state index contributed by atoms with van der Waals surface area (Å²) in [6.07, 6.45) is 1.84. The minimum Gasteiger partial charge on any atom is -0.445 e. The molecule has 37 heavy (non-hydrogen) atoms. The molecule has 9 nitrogen and oxygen atoms in total. The maximum Gasteiger partial charge on any atom is 0.407 e. The number of nitrogens with one attached hydrogen (secondary N) is 1. The molecular weight excluding hydrogens is 492 g/mol. The van der Waals surface area contributed by atoms with Gasteiger partial charge in [-0.3, -0.25) is 0 Å². The minimum absolute atomic E-state index is 0.00274. The molecule has 0 saturated carbocycles. The Kier molecular flexibility index (Phi) is 9.34. The van der Waals surface area contributed by atoms with E-state index in [1.54, 1.807) is 18.1 Å². The first-order chi connectivity index (χ1) is 18.0. The third-order valence-electron chi connectivity index (χ3n) is 6.19. The fraction of sp³-hybridized carbons (Fsp3) is 0.370. The van der Waals surface area contributed by atoms with Crippen molar-refractivity contribution in [2.75, 3.05) is 12.4 Å². The number of aliphatic hydroxyl groups is 1. The molecule has 196 valence electrons. The Balaban J connectivity index is 1.49. The highest BCUT2D eigenvalue weighted by Crippen LogP contribution is 2.42. The van der Waals surface area contributed by atoms with Gasteiger partial charge in [0.15, 0.2) is 11.4 Å². The molecule has 2 aromatic carbocycles. The Morgan fingerprint density at radius 1 is 1.16 bits per heavy atom. The van der Waals surface area contributed by atoms with Crippen molar-refractivity contribution in [3.63, 3.8) is 0 Å². The zero-order chi connectivity index (χ0) is 26.2. The van der Waals surface area contributed by atoms with E-state index in [1.807, 2.05) is 60.1 Å². The summed E-state index contributed by atoms with van der Waals surface area (Å²) in [6, 6.07) is 15.6. The largest absolute Gasteiger partial charge is 0.445 e. The number of aryl methyl sites for hydroxylation is 1. The highest BCUT2D eigenvalue weighted by Gasteiger charge is 2.38. The van der Waals surface area contributed by atoms with Crippen molar-refractivity contribution in [1.82, 2.24) is 20.1 Å². The van der Waals surface area contributed by atoms with Crippen molar-refractivity contribution in [3.05, 3.63) is 89.8 Å². The number of carbonyl (C=O) groups is 1. The number of amides is 1. The second-order valence-corrected chi connectivity index (χ2v) is 9.83. The van der Waals surface area contributed by atoms with Gasteiger partial charge in [0.1, 0.15) is 12.9 Å². The van der Waals surface area contributed by atoms with E-state index in [-0.39, 0.29) is 31.3 Å². The number of hydrogen-bond acceptors (Lipinski definition) is 8. The van der Waals surface area contributed by atoms with Crippen LogP contribution in [0.5, 0.6) is 0 Å². The molecule has 0 spiro atoms. The summed E-state index contributed by atoms with van der Waals surface area (Å²) in [4.78, 5) is 11.7. The van der Waals surface area contributed by atoms with E-state index in [2.05, 4.69) is 29.0 Å². The first-order valence-electron chi connectivity index (χ1n) is 12.1. The normalized spacial score (nSPS) is 21.4. The van der Waals surface area contributed by atoms with E-state index in [4.69, 9.17) is 14.2 Å². The van der Waals surface area contributed by atoms with Crippen molar-refractivity contribution >= 4 is 17.9 Å². The number of nitrogens with zero attached hydrogens (tertiary/aromatic N) is 3. The van der Waals surface area contributed by atoms with Crippen LogP contribution in [0.15, 0.2) is 72.7 Å². The number of aromatic nitrogens is 3. The average Bonchev–Trinajstić information content (AvgIpc) is 3.35. The summed E-state index contributed by atoms with van der Waals surface area (Å²) in [6.45, 7) is 6.16. The molecule has 0 bridgehead atoms. The van der Waals surface area contributed by atoms with Crippen LogP contribution in [-0.4, -0.2) is 44.4 Å². The highest BCUT2D eigenvalue weighted by atomic mass is 32.2. The third-order valence-corrected chi connectivity index (χ3v) is 7.31. The second kappa shape index (κ2) is 12.9. The van der Waals surface area contributed by atoms with Gasteiger partial charge in [-0.25, -0.2) is 4.79 Å². The van der Waals surface area contributed by atoms with Crippen LogP contribution in [0.3, 0.4) is 0 Å². The number of alkyl carbamates (subject to hydrolysis) is 1. The average molecular weight is 525 g/mol.